The third-order valence-corrected chi connectivity index (χ3v) is 8.11. The van der Waals surface area contributed by atoms with Crippen LogP contribution in [0.15, 0.2) is 54.6 Å². The Morgan fingerprint density at radius 3 is 1.50 bits per heavy atom. The molecule has 1 aliphatic rings. The molecule has 16 heteroatoms. The molecule has 0 radical (unpaired) electrons. The van der Waals surface area contributed by atoms with E-state index in [0.29, 0.717) is 65.4 Å². The maximum Gasteiger partial charge on any atom is 0.317 e. The predicted octanol–water partition coefficient (Wildman–Crippen LogP) is -0.566. The Morgan fingerprint density at radius 2 is 1.06 bits per heavy atom. The largest absolute Gasteiger partial charge is 0.480 e. The minimum absolute atomic E-state index is 0. The van der Waals surface area contributed by atoms with Gasteiger partial charge >= 0.3 is 17.9 Å². The molecule has 0 saturated carbocycles. The number of carbonyl (C=O) groups is 5. The van der Waals surface area contributed by atoms with E-state index in [-0.39, 0.29) is 91.0 Å². The van der Waals surface area contributed by atoms with Gasteiger partial charge in [-0.25, -0.2) is 0 Å². The van der Waals surface area contributed by atoms with Crippen molar-refractivity contribution in [1.29, 1.82) is 0 Å². The van der Waals surface area contributed by atoms with Crippen LogP contribution < -0.4 is 11.1 Å². The molecular weight excluding hydrogens is 794 g/mol. The molecule has 1 atom stereocenters. The maximum absolute atomic E-state index is 13.0. The molecule has 1 saturated heterocycles. The second-order valence-electron chi connectivity index (χ2n) is 12.1. The van der Waals surface area contributed by atoms with E-state index in [1.165, 1.54) is 0 Å². The van der Waals surface area contributed by atoms with Crippen molar-refractivity contribution in [3.63, 3.8) is 0 Å². The van der Waals surface area contributed by atoms with E-state index in [0.717, 1.165) is 16.7 Å². The van der Waals surface area contributed by atoms with E-state index in [1.807, 2.05) is 59.5 Å². The summed E-state index contributed by atoms with van der Waals surface area (Å²) in [6.07, 6.45) is 0.352. The van der Waals surface area contributed by atoms with Crippen molar-refractivity contribution >= 4 is 29.6 Å². The Hall–Kier alpha value is -2.93. The molecule has 276 valence electrons. The Kier molecular flexibility index (Phi) is 20.3. The summed E-state index contributed by atoms with van der Waals surface area (Å²) in [7, 11) is 0. The zero-order valence-corrected chi connectivity index (χ0v) is 30.4. The van der Waals surface area contributed by atoms with Crippen LogP contribution in [0.5, 0.6) is 0 Å². The van der Waals surface area contributed by atoms with Gasteiger partial charge in [-0.2, -0.15) is 0 Å². The second-order valence-corrected chi connectivity index (χ2v) is 12.1. The quantitative estimate of drug-likeness (QED) is 0.136. The van der Waals surface area contributed by atoms with Gasteiger partial charge < -0.3 is 31.1 Å². The summed E-state index contributed by atoms with van der Waals surface area (Å²) in [5, 5.41) is 31.0. The molecule has 1 fully saturated rings. The average molecular weight is 842 g/mol. The van der Waals surface area contributed by atoms with E-state index >= 15 is 0 Å². The number of amides is 1. The Morgan fingerprint density at radius 1 is 0.640 bits per heavy atom. The van der Waals surface area contributed by atoms with Crippen molar-refractivity contribution in [2.45, 2.75) is 25.6 Å². The van der Waals surface area contributed by atoms with Crippen LogP contribution in [0.2, 0.25) is 0 Å². The number of hydrogen-bond donors (Lipinski definition) is 5. The minimum atomic E-state index is -1.02. The fourth-order valence-corrected chi connectivity index (χ4v) is 5.36. The zero-order chi connectivity index (χ0) is 35.6. The summed E-state index contributed by atoms with van der Waals surface area (Å²) in [6, 6.07) is 16.3. The molecule has 0 aliphatic carbocycles. The van der Waals surface area contributed by atoms with Gasteiger partial charge in [-0.1, -0.05) is 54.6 Å². The number of ketones is 1. The SMILES string of the molecule is N[C@H](Cc1ccc(CNC(=O)CN2CCN(CC(=O)O)CCN(CC(=O)O)CCN(CC(=O)O)CC2)cc1)C(=O)COCc1ccccc1.[Gd]. The average Bonchev–Trinajstić information content (AvgIpc) is 3.05. The summed E-state index contributed by atoms with van der Waals surface area (Å²) in [6.45, 7) is 2.39. The third-order valence-electron chi connectivity index (χ3n) is 8.11. The number of Topliss-reactive ketones (excluding diaryl/α,β-unsaturated/α-hetero) is 1. The summed E-state index contributed by atoms with van der Waals surface area (Å²) >= 11 is 0. The Bertz CT molecular complexity index is 1340. The fourth-order valence-electron chi connectivity index (χ4n) is 5.36. The van der Waals surface area contributed by atoms with Crippen molar-refractivity contribution < 1.29 is 84.0 Å². The van der Waals surface area contributed by atoms with Gasteiger partial charge in [-0.15, -0.1) is 0 Å². The summed E-state index contributed by atoms with van der Waals surface area (Å²) in [5.41, 5.74) is 8.82. The first kappa shape index (κ1) is 43.2. The summed E-state index contributed by atoms with van der Waals surface area (Å²) < 4.78 is 5.52. The molecule has 50 heavy (non-hydrogen) atoms. The van der Waals surface area contributed by atoms with E-state index in [1.54, 1.807) is 14.7 Å². The van der Waals surface area contributed by atoms with Crippen molar-refractivity contribution in [2.75, 3.05) is 85.1 Å². The maximum atomic E-state index is 13.0. The van der Waals surface area contributed by atoms with Gasteiger partial charge in [0.05, 0.1) is 38.8 Å². The number of ether oxygens (including phenoxy) is 1. The molecule has 15 nitrogen and oxygen atoms in total. The van der Waals surface area contributed by atoms with Gasteiger partial charge in [0.25, 0.3) is 0 Å². The van der Waals surface area contributed by atoms with E-state index in [4.69, 9.17) is 10.5 Å². The summed E-state index contributed by atoms with van der Waals surface area (Å²) in [5.74, 6) is -3.48. The Labute approximate surface area is 324 Å². The van der Waals surface area contributed by atoms with Gasteiger partial charge in [0.15, 0.2) is 5.78 Å². The molecule has 1 amide bonds. The number of nitrogens with one attached hydrogen (secondary N) is 1. The van der Waals surface area contributed by atoms with Gasteiger partial charge in [0.2, 0.25) is 5.91 Å². The topological polar surface area (TPSA) is 206 Å². The molecule has 6 N–H and O–H groups in total. The van der Waals surface area contributed by atoms with Gasteiger partial charge in [0.1, 0.15) is 6.61 Å². The molecule has 0 bridgehead atoms. The predicted molar refractivity (Wildman–Crippen MR) is 180 cm³/mol. The van der Waals surface area contributed by atoms with E-state index < -0.39 is 23.9 Å². The number of carboxylic acid groups (broad SMARTS) is 3. The second kappa shape index (κ2) is 23.5. The smallest absolute Gasteiger partial charge is 0.317 e. The third kappa shape index (κ3) is 17.8. The first-order valence-corrected chi connectivity index (χ1v) is 16.3. The molecule has 0 spiro atoms. The van der Waals surface area contributed by atoms with Crippen molar-refractivity contribution in [3.8, 4) is 0 Å². The number of carboxylic acids is 3. The number of aliphatic carboxylic acids is 3. The molecule has 2 aromatic rings. The molecule has 0 unspecified atom stereocenters. The van der Waals surface area contributed by atoms with Crippen LogP contribution in [0, 0.1) is 39.9 Å². The molecule has 0 aromatic heterocycles. The van der Waals surface area contributed by atoms with Crippen LogP contribution in [0.25, 0.3) is 0 Å². The minimum Gasteiger partial charge on any atom is -0.480 e. The van der Waals surface area contributed by atoms with E-state index in [9.17, 15) is 39.3 Å². The Balaban J connectivity index is 0.00000867. The standard InChI is InChI=1S/C34H48N6O9.Gd/c35-29(30(41)25-49-24-28-4-2-1-3-5-28)18-26-6-8-27(9-7-26)19-36-31(42)20-37-10-12-38(21-32(43)44)14-16-40(23-34(47)48)17-15-39(13-11-37)22-33(45)46;/h1-9,29H,10-25,35H2,(H,36,42)(H,43,44)(H,45,46)(H,47,48);/t29-;/m1./s1. The number of benzene rings is 2. The number of nitrogens with two attached hydrogens (primary N) is 1. The van der Waals surface area contributed by atoms with Crippen LogP contribution in [-0.2, 0) is 48.3 Å². The van der Waals surface area contributed by atoms with Gasteiger partial charge in [-0.3, -0.25) is 43.6 Å². The van der Waals surface area contributed by atoms with Gasteiger partial charge in [0, 0.05) is 98.8 Å². The number of nitrogens with zero attached hydrogens (tertiary/aromatic N) is 4. The van der Waals surface area contributed by atoms with Crippen LogP contribution in [-0.4, -0.2) is 156 Å². The van der Waals surface area contributed by atoms with Crippen molar-refractivity contribution in [2.24, 2.45) is 5.73 Å². The molecule has 1 heterocycles. The van der Waals surface area contributed by atoms with Crippen LogP contribution in [0.4, 0.5) is 0 Å². The van der Waals surface area contributed by atoms with Crippen LogP contribution in [0.1, 0.15) is 16.7 Å². The number of carbonyl (C=O) groups excluding carboxylic acids is 2. The van der Waals surface area contributed by atoms with Crippen LogP contribution in [0.3, 0.4) is 0 Å². The molecule has 3 rings (SSSR count). The summed E-state index contributed by atoms with van der Waals surface area (Å²) in [4.78, 5) is 66.8. The van der Waals surface area contributed by atoms with Crippen LogP contribution >= 0.6 is 0 Å². The molecule has 2 aromatic carbocycles. The normalized spacial score (nSPS) is 16.3. The van der Waals surface area contributed by atoms with Gasteiger partial charge in [-0.05, 0) is 23.1 Å². The number of rotatable bonds is 17. The monoisotopic (exact) mass is 842 g/mol. The first-order chi connectivity index (χ1) is 23.5. The first-order valence-electron chi connectivity index (χ1n) is 16.3. The molecular formula is C34H48GdN6O9. The number of hydrogen-bond acceptors (Lipinski definition) is 11. The fraction of sp³-hybridized carbons (Fsp3) is 0.500. The van der Waals surface area contributed by atoms with Crippen molar-refractivity contribution in [1.82, 2.24) is 24.9 Å². The zero-order valence-electron chi connectivity index (χ0n) is 28.1. The van der Waals surface area contributed by atoms with E-state index in [2.05, 4.69) is 5.32 Å². The molecule has 1 aliphatic heterocycles. The van der Waals surface area contributed by atoms with Crippen molar-refractivity contribution in [3.05, 3.63) is 71.3 Å².